The molecule has 1 aliphatic rings. The van der Waals surface area contributed by atoms with E-state index in [0.29, 0.717) is 5.69 Å². The largest absolute Gasteiger partial charge is 0.352 e. The molecule has 8 heteroatoms. The van der Waals surface area contributed by atoms with Gasteiger partial charge in [0, 0.05) is 36.8 Å². The lowest BCUT2D eigenvalue weighted by molar-refractivity contribution is -0.126. The first-order chi connectivity index (χ1) is 12.3. The third-order valence-corrected chi connectivity index (χ3v) is 4.47. The van der Waals surface area contributed by atoms with Crippen molar-refractivity contribution in [1.82, 2.24) is 5.32 Å². The molecule has 2 aromatic carbocycles. The minimum Gasteiger partial charge on any atom is -0.352 e. The Kier molecular flexibility index (Phi) is 5.18. The van der Waals surface area contributed by atoms with E-state index in [0.717, 1.165) is 18.2 Å². The van der Waals surface area contributed by atoms with Gasteiger partial charge in [0.25, 0.3) is 0 Å². The van der Waals surface area contributed by atoms with Crippen molar-refractivity contribution in [3.63, 3.8) is 0 Å². The summed E-state index contributed by atoms with van der Waals surface area (Å²) >= 11 is 5.73. The molecule has 1 atom stereocenters. The Morgan fingerprint density at radius 1 is 1.15 bits per heavy atom. The van der Waals surface area contributed by atoms with Crippen LogP contribution in [0.5, 0.6) is 0 Å². The smallest absolute Gasteiger partial charge is 0.227 e. The van der Waals surface area contributed by atoms with Gasteiger partial charge in [-0.15, -0.1) is 0 Å². The number of nitrogens with one attached hydrogen (secondary N) is 1. The zero-order valence-corrected chi connectivity index (χ0v) is 14.2. The van der Waals surface area contributed by atoms with E-state index in [1.807, 2.05) is 0 Å². The lowest BCUT2D eigenvalue weighted by Gasteiger charge is -2.17. The summed E-state index contributed by atoms with van der Waals surface area (Å²) in [5, 5.41) is 2.43. The van der Waals surface area contributed by atoms with Gasteiger partial charge >= 0.3 is 0 Å². The first-order valence-electron chi connectivity index (χ1n) is 7.82. The normalized spacial score (nSPS) is 16.8. The summed E-state index contributed by atoms with van der Waals surface area (Å²) in [6, 6.07) is 6.97. The monoisotopic (exact) mass is 382 g/mol. The Bertz CT molecular complexity index is 876. The summed E-state index contributed by atoms with van der Waals surface area (Å²) in [4.78, 5) is 25.8. The zero-order chi connectivity index (χ0) is 18.8. The molecular weight excluding hydrogens is 369 g/mol. The van der Waals surface area contributed by atoms with Gasteiger partial charge in [-0.3, -0.25) is 9.59 Å². The van der Waals surface area contributed by atoms with E-state index in [-0.39, 0.29) is 36.0 Å². The molecule has 0 aliphatic carbocycles. The standard InChI is InChI=1S/C18H14ClF3N2O2/c19-14-7-13(3-4-15(14)21)24-9-11(5-17(24)25)18(26)23-8-10-1-2-12(20)6-16(10)22/h1-4,6-7,11H,5,8-9H2,(H,23,26)/t11-/m0/s1. The molecule has 4 nitrogen and oxygen atoms in total. The first kappa shape index (κ1) is 18.3. The van der Waals surface area contributed by atoms with Crippen LogP contribution in [0.4, 0.5) is 18.9 Å². The molecule has 0 spiro atoms. The average Bonchev–Trinajstić information content (AvgIpc) is 2.98. The van der Waals surface area contributed by atoms with E-state index in [9.17, 15) is 22.8 Å². The molecule has 0 unspecified atom stereocenters. The molecule has 1 aliphatic heterocycles. The number of benzene rings is 2. The number of halogens is 4. The maximum atomic E-state index is 13.6. The van der Waals surface area contributed by atoms with Gasteiger partial charge in [-0.25, -0.2) is 13.2 Å². The highest BCUT2D eigenvalue weighted by Gasteiger charge is 2.35. The lowest BCUT2D eigenvalue weighted by atomic mass is 10.1. The van der Waals surface area contributed by atoms with Crippen molar-refractivity contribution in [3.8, 4) is 0 Å². The Morgan fingerprint density at radius 3 is 2.62 bits per heavy atom. The summed E-state index contributed by atoms with van der Waals surface area (Å²) < 4.78 is 39.7. The highest BCUT2D eigenvalue weighted by atomic mass is 35.5. The molecule has 2 aromatic rings. The Hall–Kier alpha value is -2.54. The maximum absolute atomic E-state index is 13.6. The molecule has 0 radical (unpaired) electrons. The second-order valence-electron chi connectivity index (χ2n) is 5.96. The van der Waals surface area contributed by atoms with Crippen LogP contribution in [-0.4, -0.2) is 18.4 Å². The van der Waals surface area contributed by atoms with Gasteiger partial charge in [0.1, 0.15) is 17.5 Å². The van der Waals surface area contributed by atoms with Gasteiger partial charge in [0.2, 0.25) is 11.8 Å². The van der Waals surface area contributed by atoms with Crippen LogP contribution < -0.4 is 10.2 Å². The lowest BCUT2D eigenvalue weighted by Crippen LogP contribution is -2.32. The molecule has 2 amide bonds. The predicted molar refractivity (Wildman–Crippen MR) is 90.1 cm³/mol. The van der Waals surface area contributed by atoms with E-state index < -0.39 is 29.3 Å². The van der Waals surface area contributed by atoms with Crippen molar-refractivity contribution in [3.05, 3.63) is 64.4 Å². The third-order valence-electron chi connectivity index (χ3n) is 4.18. The number of rotatable bonds is 4. The van der Waals surface area contributed by atoms with Crippen molar-refractivity contribution in [2.24, 2.45) is 5.92 Å². The molecule has 1 saturated heterocycles. The number of anilines is 1. The number of hydrogen-bond donors (Lipinski definition) is 1. The van der Waals surface area contributed by atoms with Crippen molar-refractivity contribution in [2.75, 3.05) is 11.4 Å². The van der Waals surface area contributed by atoms with Gasteiger partial charge < -0.3 is 10.2 Å². The molecule has 0 saturated carbocycles. The average molecular weight is 383 g/mol. The number of amides is 2. The van der Waals surface area contributed by atoms with Crippen molar-refractivity contribution < 1.29 is 22.8 Å². The van der Waals surface area contributed by atoms with Crippen LogP contribution in [0.15, 0.2) is 36.4 Å². The maximum Gasteiger partial charge on any atom is 0.227 e. The highest BCUT2D eigenvalue weighted by molar-refractivity contribution is 6.31. The molecule has 0 bridgehead atoms. The van der Waals surface area contributed by atoms with Crippen molar-refractivity contribution in [2.45, 2.75) is 13.0 Å². The summed E-state index contributed by atoms with van der Waals surface area (Å²) in [5.41, 5.74) is 0.549. The number of hydrogen-bond acceptors (Lipinski definition) is 2. The molecule has 1 N–H and O–H groups in total. The molecule has 3 rings (SSSR count). The predicted octanol–water partition coefficient (Wildman–Crippen LogP) is 3.43. The van der Waals surface area contributed by atoms with Gasteiger partial charge in [-0.1, -0.05) is 17.7 Å². The summed E-state index contributed by atoms with van der Waals surface area (Å²) in [7, 11) is 0. The van der Waals surface area contributed by atoms with E-state index in [1.165, 1.54) is 23.1 Å². The van der Waals surface area contributed by atoms with Crippen LogP contribution in [0.3, 0.4) is 0 Å². The topological polar surface area (TPSA) is 49.4 Å². The Morgan fingerprint density at radius 2 is 1.92 bits per heavy atom. The molecule has 1 fully saturated rings. The molecule has 0 aromatic heterocycles. The molecule has 1 heterocycles. The van der Waals surface area contributed by atoms with Crippen LogP contribution in [0.1, 0.15) is 12.0 Å². The van der Waals surface area contributed by atoms with Crippen LogP contribution >= 0.6 is 11.6 Å². The number of carbonyl (C=O) groups excluding carboxylic acids is 2. The van der Waals surface area contributed by atoms with Gasteiger partial charge in [-0.05, 0) is 24.3 Å². The summed E-state index contributed by atoms with van der Waals surface area (Å²) in [5.74, 6) is -3.39. The first-order valence-corrected chi connectivity index (χ1v) is 8.20. The van der Waals surface area contributed by atoms with Crippen molar-refractivity contribution in [1.29, 1.82) is 0 Å². The van der Waals surface area contributed by atoms with Crippen molar-refractivity contribution >= 4 is 29.1 Å². The van der Waals surface area contributed by atoms with E-state index in [4.69, 9.17) is 11.6 Å². The summed E-state index contributed by atoms with van der Waals surface area (Å²) in [6.07, 6.45) is -0.0211. The Labute approximate surface area is 152 Å². The number of carbonyl (C=O) groups is 2. The van der Waals surface area contributed by atoms with Gasteiger partial charge in [0.15, 0.2) is 0 Å². The SMILES string of the molecule is O=C(NCc1ccc(F)cc1F)[C@H]1CC(=O)N(c2ccc(F)c(Cl)c2)C1. The second kappa shape index (κ2) is 7.37. The molecule has 26 heavy (non-hydrogen) atoms. The van der Waals surface area contributed by atoms with E-state index >= 15 is 0 Å². The van der Waals surface area contributed by atoms with Crippen LogP contribution in [0.25, 0.3) is 0 Å². The molecule has 136 valence electrons. The second-order valence-corrected chi connectivity index (χ2v) is 6.36. The minimum absolute atomic E-state index is 0.0211. The van der Waals surface area contributed by atoms with E-state index in [1.54, 1.807) is 0 Å². The van der Waals surface area contributed by atoms with Gasteiger partial charge in [0.05, 0.1) is 10.9 Å². The summed E-state index contributed by atoms with van der Waals surface area (Å²) in [6.45, 7) is -0.00343. The zero-order valence-electron chi connectivity index (χ0n) is 13.4. The fourth-order valence-electron chi connectivity index (χ4n) is 2.78. The van der Waals surface area contributed by atoms with Crippen LogP contribution in [0, 0.1) is 23.4 Å². The van der Waals surface area contributed by atoms with Crippen LogP contribution in [0.2, 0.25) is 5.02 Å². The highest BCUT2D eigenvalue weighted by Crippen LogP contribution is 2.28. The number of nitrogens with zero attached hydrogens (tertiary/aromatic N) is 1. The fourth-order valence-corrected chi connectivity index (χ4v) is 2.95. The van der Waals surface area contributed by atoms with E-state index in [2.05, 4.69) is 5.32 Å². The third kappa shape index (κ3) is 3.83. The van der Waals surface area contributed by atoms with Crippen LogP contribution in [-0.2, 0) is 16.1 Å². The molecular formula is C18H14ClF3N2O2. The quantitative estimate of drug-likeness (QED) is 0.880. The minimum atomic E-state index is -0.754. The Balaban J connectivity index is 1.64. The fraction of sp³-hybridized carbons (Fsp3) is 0.222. The van der Waals surface area contributed by atoms with Gasteiger partial charge in [-0.2, -0.15) is 0 Å².